The Hall–Kier alpha value is -0.870. The van der Waals surface area contributed by atoms with Crippen molar-refractivity contribution in [3.05, 3.63) is 12.7 Å². The summed E-state index contributed by atoms with van der Waals surface area (Å²) in [6.45, 7) is 3.21. The standard InChI is InChI=1S/C5H9NO3/c1-2-4(7)3-9-5(6)8/h2,4,7H,1,3H2,(H2,6,8)/p+1. The van der Waals surface area contributed by atoms with Crippen LogP contribution in [0.4, 0.5) is 4.79 Å². The summed E-state index contributed by atoms with van der Waals surface area (Å²) in [5, 5.41) is 8.68. The summed E-state index contributed by atoms with van der Waals surface area (Å²) in [5.41, 5.74) is 2.94. The van der Waals surface area contributed by atoms with Gasteiger partial charge in [-0.3, -0.25) is 5.73 Å². The van der Waals surface area contributed by atoms with Gasteiger partial charge >= 0.3 is 6.09 Å². The number of carbonyl (C=O) groups is 1. The molecular formula is C5H10NO3+. The van der Waals surface area contributed by atoms with Crippen molar-refractivity contribution in [1.29, 1.82) is 0 Å². The van der Waals surface area contributed by atoms with E-state index in [1.165, 1.54) is 6.08 Å². The number of amides is 1. The zero-order valence-corrected chi connectivity index (χ0v) is 5.04. The first-order valence-electron chi connectivity index (χ1n) is 2.46. The van der Waals surface area contributed by atoms with Gasteiger partial charge < -0.3 is 9.84 Å². The van der Waals surface area contributed by atoms with Gasteiger partial charge in [0.1, 0.15) is 12.7 Å². The number of hydrogen-bond donors (Lipinski definition) is 2. The van der Waals surface area contributed by atoms with Crippen molar-refractivity contribution in [3.63, 3.8) is 0 Å². The van der Waals surface area contributed by atoms with Gasteiger partial charge in [0.2, 0.25) is 0 Å². The van der Waals surface area contributed by atoms with Gasteiger partial charge in [0, 0.05) is 0 Å². The largest absolute Gasteiger partial charge is 0.511 e. The molecule has 0 aromatic carbocycles. The summed E-state index contributed by atoms with van der Waals surface area (Å²) in [7, 11) is 0. The van der Waals surface area contributed by atoms with Crippen LogP contribution in [0.5, 0.6) is 0 Å². The van der Waals surface area contributed by atoms with Gasteiger partial charge in [-0.2, -0.15) is 4.79 Å². The maximum absolute atomic E-state index is 9.99. The van der Waals surface area contributed by atoms with Gasteiger partial charge in [0.25, 0.3) is 0 Å². The average molecular weight is 132 g/mol. The van der Waals surface area contributed by atoms with E-state index in [0.717, 1.165) is 0 Å². The maximum atomic E-state index is 9.99. The Morgan fingerprint density at radius 2 is 2.56 bits per heavy atom. The molecule has 52 valence electrons. The fraction of sp³-hybridized carbons (Fsp3) is 0.400. The highest BCUT2D eigenvalue weighted by molar-refractivity contribution is 5.53. The lowest BCUT2D eigenvalue weighted by Crippen LogP contribution is -2.57. The summed E-state index contributed by atoms with van der Waals surface area (Å²) in [6.07, 6.45) is -0.144. The lowest BCUT2D eigenvalue weighted by molar-refractivity contribution is -0.284. The average Bonchev–Trinajstić information content (AvgIpc) is 1.83. The zero-order chi connectivity index (χ0) is 7.28. The number of aliphatic hydroxyl groups excluding tert-OH is 1. The Morgan fingerprint density at radius 3 is 2.89 bits per heavy atom. The van der Waals surface area contributed by atoms with Gasteiger partial charge in [0.15, 0.2) is 0 Å². The topological polar surface area (TPSA) is 74.2 Å². The molecule has 0 aliphatic heterocycles. The predicted molar refractivity (Wildman–Crippen MR) is 30.4 cm³/mol. The summed E-state index contributed by atoms with van der Waals surface area (Å²) < 4.78 is 4.32. The fourth-order valence-corrected chi connectivity index (χ4v) is 0.246. The summed E-state index contributed by atoms with van der Waals surface area (Å²) in [4.78, 5) is 9.99. The number of quaternary nitrogens is 1. The molecule has 9 heavy (non-hydrogen) atoms. The molecule has 1 amide bonds. The molecule has 0 aromatic heterocycles. The minimum Gasteiger partial charge on any atom is -0.417 e. The molecule has 0 fully saturated rings. The van der Waals surface area contributed by atoms with Crippen LogP contribution in [-0.2, 0) is 4.74 Å². The molecule has 0 heterocycles. The Kier molecular flexibility index (Phi) is 3.66. The molecule has 4 nitrogen and oxygen atoms in total. The van der Waals surface area contributed by atoms with E-state index in [1.807, 2.05) is 0 Å². The predicted octanol–water partition coefficient (Wildman–Crippen LogP) is -1.09. The van der Waals surface area contributed by atoms with Crippen LogP contribution in [0.2, 0.25) is 0 Å². The lowest BCUT2D eigenvalue weighted by atomic mass is 10.4. The molecule has 4 N–H and O–H groups in total. The van der Waals surface area contributed by atoms with Crippen LogP contribution in [0.3, 0.4) is 0 Å². The minimum absolute atomic E-state index is 0.0637. The van der Waals surface area contributed by atoms with Crippen molar-refractivity contribution in [1.82, 2.24) is 0 Å². The Labute approximate surface area is 52.9 Å². The van der Waals surface area contributed by atoms with Gasteiger partial charge in [0.05, 0.1) is 0 Å². The molecule has 0 aliphatic rings. The third-order valence-corrected chi connectivity index (χ3v) is 0.687. The Morgan fingerprint density at radius 1 is 2.00 bits per heavy atom. The molecule has 0 aromatic rings. The lowest BCUT2D eigenvalue weighted by Gasteiger charge is -2.00. The highest BCUT2D eigenvalue weighted by Crippen LogP contribution is 1.83. The number of carbonyl (C=O) groups excluding carboxylic acids is 1. The quantitative estimate of drug-likeness (QED) is 0.479. The first-order chi connectivity index (χ1) is 4.16. The van der Waals surface area contributed by atoms with Crippen LogP contribution >= 0.6 is 0 Å². The van der Waals surface area contributed by atoms with Gasteiger partial charge in [-0.05, 0) is 0 Å². The molecule has 0 saturated heterocycles. The molecule has 1 atom stereocenters. The highest BCUT2D eigenvalue weighted by Gasteiger charge is 2.01. The molecule has 0 bridgehead atoms. The van der Waals surface area contributed by atoms with E-state index in [1.54, 1.807) is 0 Å². The first kappa shape index (κ1) is 8.13. The van der Waals surface area contributed by atoms with E-state index < -0.39 is 12.2 Å². The van der Waals surface area contributed by atoms with Crippen LogP contribution in [-0.4, -0.2) is 23.9 Å². The monoisotopic (exact) mass is 132 g/mol. The highest BCUT2D eigenvalue weighted by atomic mass is 16.6. The number of ether oxygens (including phenoxy) is 1. The Bertz CT molecular complexity index is 113. The molecular weight excluding hydrogens is 122 g/mol. The molecule has 4 heteroatoms. The van der Waals surface area contributed by atoms with Crippen LogP contribution in [0.25, 0.3) is 0 Å². The SMILES string of the molecule is C=CC(O)COC([NH3+])=O. The summed E-state index contributed by atoms with van der Waals surface area (Å²) in [5.74, 6) is 0. The Balaban J connectivity index is 3.26. The van der Waals surface area contributed by atoms with E-state index in [9.17, 15) is 4.79 Å². The molecule has 0 aliphatic carbocycles. The first-order valence-corrected chi connectivity index (χ1v) is 2.46. The van der Waals surface area contributed by atoms with Gasteiger partial charge in [-0.25, -0.2) is 0 Å². The molecule has 0 saturated carbocycles. The maximum Gasteiger partial charge on any atom is 0.511 e. The van der Waals surface area contributed by atoms with Crippen LogP contribution in [0.1, 0.15) is 0 Å². The van der Waals surface area contributed by atoms with Crippen molar-refractivity contribution in [2.24, 2.45) is 0 Å². The van der Waals surface area contributed by atoms with E-state index in [0.29, 0.717) is 0 Å². The van der Waals surface area contributed by atoms with Crippen LogP contribution in [0, 0.1) is 0 Å². The van der Waals surface area contributed by atoms with Crippen molar-refractivity contribution in [2.45, 2.75) is 6.10 Å². The minimum atomic E-state index is -0.782. The van der Waals surface area contributed by atoms with Crippen molar-refractivity contribution in [3.8, 4) is 0 Å². The second-order valence-electron chi connectivity index (χ2n) is 1.49. The van der Waals surface area contributed by atoms with E-state index in [-0.39, 0.29) is 6.61 Å². The van der Waals surface area contributed by atoms with Crippen LogP contribution < -0.4 is 5.73 Å². The molecule has 0 spiro atoms. The normalized spacial score (nSPS) is 12.2. The van der Waals surface area contributed by atoms with Crippen molar-refractivity contribution < 1.29 is 20.4 Å². The fourth-order valence-electron chi connectivity index (χ4n) is 0.246. The molecule has 0 radical (unpaired) electrons. The number of aliphatic hydroxyl groups is 1. The number of rotatable bonds is 3. The number of hydrogen-bond acceptors (Lipinski definition) is 3. The van der Waals surface area contributed by atoms with Gasteiger partial charge in [-0.15, -0.1) is 6.58 Å². The smallest absolute Gasteiger partial charge is 0.417 e. The summed E-state index contributed by atoms with van der Waals surface area (Å²) >= 11 is 0. The van der Waals surface area contributed by atoms with E-state index in [2.05, 4.69) is 17.0 Å². The van der Waals surface area contributed by atoms with E-state index in [4.69, 9.17) is 5.11 Å². The zero-order valence-electron chi connectivity index (χ0n) is 5.04. The molecule has 0 rings (SSSR count). The van der Waals surface area contributed by atoms with Crippen molar-refractivity contribution in [2.75, 3.05) is 6.61 Å². The van der Waals surface area contributed by atoms with Crippen molar-refractivity contribution >= 4 is 6.09 Å². The summed E-state index contributed by atoms with van der Waals surface area (Å²) in [6, 6.07) is 0. The van der Waals surface area contributed by atoms with Crippen LogP contribution in [0.15, 0.2) is 12.7 Å². The third-order valence-electron chi connectivity index (χ3n) is 0.687. The second-order valence-corrected chi connectivity index (χ2v) is 1.49. The van der Waals surface area contributed by atoms with E-state index >= 15 is 0 Å². The third kappa shape index (κ3) is 4.99. The second kappa shape index (κ2) is 4.05. The van der Waals surface area contributed by atoms with Gasteiger partial charge in [-0.1, -0.05) is 6.08 Å². The molecule has 1 unspecified atom stereocenters.